The normalized spacial score (nSPS) is 21.3. The topological polar surface area (TPSA) is 91.4 Å². The summed E-state index contributed by atoms with van der Waals surface area (Å²) in [5, 5.41) is 8.42. The summed E-state index contributed by atoms with van der Waals surface area (Å²) in [5.74, 6) is 0.925. The highest BCUT2D eigenvalue weighted by Crippen LogP contribution is 2.33. The minimum atomic E-state index is 0.249. The summed E-state index contributed by atoms with van der Waals surface area (Å²) in [4.78, 5) is 14.1. The second kappa shape index (κ2) is 8.31. The Balaban J connectivity index is 1.94. The van der Waals surface area contributed by atoms with Gasteiger partial charge in [-0.05, 0) is 49.7 Å². The zero-order chi connectivity index (χ0) is 20.4. The lowest BCUT2D eigenvalue weighted by Crippen LogP contribution is -2.44. The van der Waals surface area contributed by atoms with E-state index in [0.717, 1.165) is 42.8 Å². The van der Waals surface area contributed by atoms with E-state index in [-0.39, 0.29) is 6.04 Å². The van der Waals surface area contributed by atoms with Crippen LogP contribution in [-0.4, -0.2) is 67.0 Å². The van der Waals surface area contributed by atoms with E-state index in [1.807, 2.05) is 6.07 Å². The zero-order valence-electron chi connectivity index (χ0n) is 17.1. The van der Waals surface area contributed by atoms with Crippen molar-refractivity contribution in [1.29, 1.82) is 5.41 Å². The number of hydrogen-bond donors (Lipinski definition) is 2. The van der Waals surface area contributed by atoms with Crippen LogP contribution < -0.4 is 10.6 Å². The predicted molar refractivity (Wildman–Crippen MR) is 118 cm³/mol. The molecule has 3 N–H and O–H groups in total. The molecule has 0 amide bonds. The zero-order valence-corrected chi connectivity index (χ0v) is 17.1. The highest BCUT2D eigenvalue weighted by atomic mass is 16.5. The van der Waals surface area contributed by atoms with Crippen LogP contribution in [-0.2, 0) is 4.74 Å². The van der Waals surface area contributed by atoms with Gasteiger partial charge in [0, 0.05) is 37.4 Å². The van der Waals surface area contributed by atoms with Gasteiger partial charge in [-0.3, -0.25) is 4.98 Å². The largest absolute Gasteiger partial charge is 0.397 e. The molecule has 0 saturated carbocycles. The monoisotopic (exact) mass is 392 g/mol. The van der Waals surface area contributed by atoms with Gasteiger partial charge in [0.25, 0.3) is 0 Å². The van der Waals surface area contributed by atoms with Gasteiger partial charge in [0.1, 0.15) is 17.0 Å². The molecule has 7 nitrogen and oxygen atoms in total. The van der Waals surface area contributed by atoms with Crippen LogP contribution in [0.1, 0.15) is 24.6 Å². The fourth-order valence-corrected chi connectivity index (χ4v) is 4.09. The molecule has 152 valence electrons. The Morgan fingerprint density at radius 2 is 2.24 bits per heavy atom. The molecule has 1 fully saturated rings. The molecule has 1 atom stereocenters. The number of anilines is 1. The van der Waals surface area contributed by atoms with Crippen LogP contribution in [0.5, 0.6) is 0 Å². The van der Waals surface area contributed by atoms with E-state index in [4.69, 9.17) is 20.9 Å². The van der Waals surface area contributed by atoms with E-state index < -0.39 is 0 Å². The van der Waals surface area contributed by atoms with Crippen LogP contribution in [0.15, 0.2) is 30.5 Å². The van der Waals surface area contributed by atoms with Crippen molar-refractivity contribution in [3.63, 3.8) is 0 Å². The summed E-state index contributed by atoms with van der Waals surface area (Å²) in [7, 11) is 2.15. The van der Waals surface area contributed by atoms with E-state index in [1.165, 1.54) is 17.4 Å². The van der Waals surface area contributed by atoms with Gasteiger partial charge in [-0.1, -0.05) is 6.08 Å². The summed E-state index contributed by atoms with van der Waals surface area (Å²) in [5.41, 5.74) is 10.6. The number of hydrogen-bond acceptors (Lipinski definition) is 7. The second-order valence-electron chi connectivity index (χ2n) is 7.75. The number of nitrogens with two attached hydrogens (primary N) is 1. The Hall–Kier alpha value is -2.77. The maximum atomic E-state index is 7.38. The van der Waals surface area contributed by atoms with Crippen molar-refractivity contribution in [1.82, 2.24) is 14.9 Å². The molecule has 7 heteroatoms. The van der Waals surface area contributed by atoms with Crippen LogP contribution in [0, 0.1) is 5.41 Å². The van der Waals surface area contributed by atoms with Crippen molar-refractivity contribution in [2.45, 2.75) is 19.4 Å². The molecule has 0 aromatic carbocycles. The first-order valence-electron chi connectivity index (χ1n) is 10.1. The van der Waals surface area contributed by atoms with Gasteiger partial charge in [-0.25, -0.2) is 4.98 Å². The van der Waals surface area contributed by atoms with Crippen LogP contribution in [0.4, 0.5) is 5.82 Å². The second-order valence-corrected chi connectivity index (χ2v) is 7.75. The average Bonchev–Trinajstić information content (AvgIpc) is 2.73. The maximum Gasteiger partial charge on any atom is 0.130 e. The lowest BCUT2D eigenvalue weighted by atomic mass is 9.97. The molecule has 29 heavy (non-hydrogen) atoms. The Bertz CT molecular complexity index is 983. The first-order chi connectivity index (χ1) is 14.1. The number of aromatic nitrogens is 2. The van der Waals surface area contributed by atoms with Gasteiger partial charge in [0.15, 0.2) is 0 Å². The quantitative estimate of drug-likeness (QED) is 0.777. The summed E-state index contributed by atoms with van der Waals surface area (Å²) < 4.78 is 5.62. The van der Waals surface area contributed by atoms with Crippen LogP contribution >= 0.6 is 0 Å². The van der Waals surface area contributed by atoms with Crippen LogP contribution in [0.3, 0.4) is 0 Å². The third-order valence-corrected chi connectivity index (χ3v) is 5.60. The number of pyridine rings is 2. The number of ether oxygens (including phenoxy) is 1. The Labute approximate surface area is 171 Å². The highest BCUT2D eigenvalue weighted by Gasteiger charge is 2.24. The first kappa shape index (κ1) is 19.5. The van der Waals surface area contributed by atoms with Gasteiger partial charge in [-0.15, -0.1) is 0 Å². The van der Waals surface area contributed by atoms with Crippen LogP contribution in [0.25, 0.3) is 22.2 Å². The number of likely N-dealkylation sites (N-methyl/N-ethyl adjacent to an activating group) is 1. The lowest BCUT2D eigenvalue weighted by Gasteiger charge is -2.35. The van der Waals surface area contributed by atoms with Crippen LogP contribution in [0.2, 0.25) is 0 Å². The molecule has 2 aliphatic rings. The SMILES string of the molecule is CC1COCCN1c1cc(C2=CCCN(C)C2)c2ccnc(/C(N)=C/C=N)c2n1. The molecule has 0 aliphatic carbocycles. The van der Waals surface area contributed by atoms with E-state index in [9.17, 15) is 0 Å². The Morgan fingerprint density at radius 1 is 1.38 bits per heavy atom. The molecular weight excluding hydrogens is 364 g/mol. The summed E-state index contributed by atoms with van der Waals surface area (Å²) in [6.45, 7) is 6.32. The fraction of sp³-hybridized carbons (Fsp3) is 0.409. The Morgan fingerprint density at radius 3 is 3.00 bits per heavy atom. The molecule has 1 saturated heterocycles. The highest BCUT2D eigenvalue weighted by molar-refractivity contribution is 5.99. The van der Waals surface area contributed by atoms with Crippen molar-refractivity contribution in [2.75, 3.05) is 44.8 Å². The lowest BCUT2D eigenvalue weighted by molar-refractivity contribution is 0.0985. The van der Waals surface area contributed by atoms with Gasteiger partial charge in [-0.2, -0.15) is 0 Å². The summed E-state index contributed by atoms with van der Waals surface area (Å²) >= 11 is 0. The number of allylic oxidation sites excluding steroid dienone is 1. The average molecular weight is 393 g/mol. The third-order valence-electron chi connectivity index (χ3n) is 5.60. The van der Waals surface area contributed by atoms with E-state index >= 15 is 0 Å². The molecule has 2 aromatic heterocycles. The molecule has 2 aliphatic heterocycles. The van der Waals surface area contributed by atoms with Gasteiger partial charge >= 0.3 is 0 Å². The fourth-order valence-electron chi connectivity index (χ4n) is 4.09. The number of fused-ring (bicyclic) bond motifs is 1. The minimum absolute atomic E-state index is 0.249. The number of nitrogens with one attached hydrogen (secondary N) is 1. The number of rotatable bonds is 4. The Kier molecular flexibility index (Phi) is 5.60. The number of nitrogens with zero attached hydrogens (tertiary/aromatic N) is 4. The van der Waals surface area contributed by atoms with E-state index in [1.54, 1.807) is 12.3 Å². The molecule has 2 aromatic rings. The van der Waals surface area contributed by atoms with Gasteiger partial charge in [0.2, 0.25) is 0 Å². The summed E-state index contributed by atoms with van der Waals surface area (Å²) in [6.07, 6.45) is 7.88. The third kappa shape index (κ3) is 3.88. The van der Waals surface area contributed by atoms with Crippen molar-refractivity contribution in [3.8, 4) is 0 Å². The molecular formula is C22H28N6O. The first-order valence-corrected chi connectivity index (χ1v) is 10.1. The molecule has 0 spiro atoms. The number of morpholine rings is 1. The maximum absolute atomic E-state index is 7.38. The minimum Gasteiger partial charge on any atom is -0.397 e. The molecule has 1 unspecified atom stereocenters. The standard InChI is InChI=1S/C22H28N6O/c1-15-14-29-11-10-28(15)20-12-18(16-4-3-9-27(2)13-16)17-6-8-25-22(21(17)26-20)19(24)5-7-23/h4-8,12,15,23H,3,9-11,13-14,24H2,1-2H3/b19-5-,23-7?. The molecule has 0 radical (unpaired) electrons. The van der Waals surface area contributed by atoms with Crippen molar-refractivity contribution in [2.24, 2.45) is 5.73 Å². The van der Waals surface area contributed by atoms with E-state index in [0.29, 0.717) is 24.6 Å². The van der Waals surface area contributed by atoms with Crippen molar-refractivity contribution in [3.05, 3.63) is 41.7 Å². The predicted octanol–water partition coefficient (Wildman–Crippen LogP) is 2.52. The summed E-state index contributed by atoms with van der Waals surface area (Å²) in [6, 6.07) is 4.47. The van der Waals surface area contributed by atoms with Crippen molar-refractivity contribution >= 4 is 34.2 Å². The molecule has 4 heterocycles. The van der Waals surface area contributed by atoms with Gasteiger partial charge < -0.3 is 25.7 Å². The smallest absolute Gasteiger partial charge is 0.130 e. The van der Waals surface area contributed by atoms with Crippen molar-refractivity contribution < 1.29 is 4.74 Å². The van der Waals surface area contributed by atoms with E-state index in [2.05, 4.69) is 40.9 Å². The molecule has 0 bridgehead atoms. The molecule has 4 rings (SSSR count). The van der Waals surface area contributed by atoms with Gasteiger partial charge in [0.05, 0.1) is 25.0 Å².